The third-order valence-electron chi connectivity index (χ3n) is 3.84. The predicted octanol–water partition coefficient (Wildman–Crippen LogP) is 2.95. The molecule has 1 aliphatic rings. The second-order valence-corrected chi connectivity index (χ2v) is 6.41. The lowest BCUT2D eigenvalue weighted by atomic mass is 9.97. The number of anilines is 1. The maximum absolute atomic E-state index is 13.8. The highest BCUT2D eigenvalue weighted by Gasteiger charge is 2.27. The van der Waals surface area contributed by atoms with E-state index in [1.165, 1.54) is 17.4 Å². The van der Waals surface area contributed by atoms with Crippen LogP contribution in [0, 0.1) is 11.7 Å². The molecule has 1 fully saturated rings. The summed E-state index contributed by atoms with van der Waals surface area (Å²) in [6.07, 6.45) is 3.48. The van der Waals surface area contributed by atoms with Crippen LogP contribution in [0.25, 0.3) is 10.2 Å². The van der Waals surface area contributed by atoms with Gasteiger partial charge in [0.1, 0.15) is 11.3 Å². The number of nitrogens with one attached hydrogen (secondary N) is 1. The van der Waals surface area contributed by atoms with Crippen LogP contribution in [-0.2, 0) is 4.79 Å². The number of hydrogen-bond donors (Lipinski definition) is 1. The lowest BCUT2D eigenvalue weighted by molar-refractivity contribution is -0.125. The highest BCUT2D eigenvalue weighted by atomic mass is 32.1. The number of hydrogen-bond acceptors (Lipinski definition) is 4. The Labute approximate surface area is 132 Å². The lowest BCUT2D eigenvalue weighted by Gasteiger charge is -2.31. The molecular weight excluding hydrogens is 301 g/mol. The largest absolute Gasteiger partial charge is 0.352 e. The number of carbonyl (C=O) groups excluding carboxylic acids is 1. The average Bonchev–Trinajstić information content (AvgIpc) is 2.98. The quantitative estimate of drug-likeness (QED) is 0.881. The Morgan fingerprint density at radius 1 is 1.59 bits per heavy atom. The third-order valence-corrected chi connectivity index (χ3v) is 4.92. The highest BCUT2D eigenvalue weighted by molar-refractivity contribution is 7.22. The van der Waals surface area contributed by atoms with Gasteiger partial charge in [0.05, 0.1) is 10.6 Å². The van der Waals surface area contributed by atoms with Gasteiger partial charge in [-0.25, -0.2) is 9.37 Å². The summed E-state index contributed by atoms with van der Waals surface area (Å²) in [5.41, 5.74) is 0.417. The van der Waals surface area contributed by atoms with E-state index in [1.807, 2.05) is 6.07 Å². The van der Waals surface area contributed by atoms with Crippen molar-refractivity contribution in [3.63, 3.8) is 0 Å². The Balaban J connectivity index is 1.77. The molecule has 1 aromatic carbocycles. The molecule has 0 radical (unpaired) electrons. The van der Waals surface area contributed by atoms with Gasteiger partial charge in [0, 0.05) is 19.6 Å². The molecule has 0 bridgehead atoms. The van der Waals surface area contributed by atoms with Crippen LogP contribution in [0.2, 0.25) is 0 Å². The number of amides is 1. The molecule has 0 spiro atoms. The Kier molecular flexibility index (Phi) is 4.38. The first-order valence-electron chi connectivity index (χ1n) is 7.37. The maximum atomic E-state index is 13.8. The van der Waals surface area contributed by atoms with E-state index in [-0.39, 0.29) is 17.6 Å². The van der Waals surface area contributed by atoms with E-state index in [4.69, 9.17) is 0 Å². The van der Waals surface area contributed by atoms with Gasteiger partial charge in [0.25, 0.3) is 0 Å². The zero-order chi connectivity index (χ0) is 15.5. The topological polar surface area (TPSA) is 45.2 Å². The first-order chi connectivity index (χ1) is 10.7. The van der Waals surface area contributed by atoms with E-state index in [0.717, 1.165) is 29.2 Å². The van der Waals surface area contributed by atoms with Crippen LogP contribution in [0.5, 0.6) is 0 Å². The summed E-state index contributed by atoms with van der Waals surface area (Å²) in [7, 11) is 0. The number of fused-ring (bicyclic) bond motifs is 1. The Morgan fingerprint density at radius 2 is 2.45 bits per heavy atom. The molecule has 2 aromatic rings. The minimum Gasteiger partial charge on any atom is -0.352 e. The zero-order valence-electron chi connectivity index (χ0n) is 12.2. The molecule has 0 saturated carbocycles. The van der Waals surface area contributed by atoms with E-state index in [9.17, 15) is 9.18 Å². The molecule has 1 amide bonds. The summed E-state index contributed by atoms with van der Waals surface area (Å²) in [4.78, 5) is 18.6. The van der Waals surface area contributed by atoms with Gasteiger partial charge in [-0.2, -0.15) is 0 Å². The highest BCUT2D eigenvalue weighted by Crippen LogP contribution is 2.32. The Morgan fingerprint density at radius 3 is 3.23 bits per heavy atom. The van der Waals surface area contributed by atoms with Crippen LogP contribution in [0.4, 0.5) is 9.52 Å². The molecule has 1 N–H and O–H groups in total. The van der Waals surface area contributed by atoms with Crippen LogP contribution in [0.15, 0.2) is 30.9 Å². The molecule has 2 heterocycles. The van der Waals surface area contributed by atoms with Crippen LogP contribution >= 0.6 is 11.3 Å². The van der Waals surface area contributed by atoms with E-state index in [0.29, 0.717) is 18.6 Å². The van der Waals surface area contributed by atoms with Crippen molar-refractivity contribution in [3.8, 4) is 0 Å². The van der Waals surface area contributed by atoms with Gasteiger partial charge >= 0.3 is 0 Å². The number of piperidine rings is 1. The number of carbonyl (C=O) groups is 1. The van der Waals surface area contributed by atoms with Crippen molar-refractivity contribution in [1.29, 1.82) is 0 Å². The molecule has 1 aliphatic heterocycles. The SMILES string of the molecule is C=CCNC(=O)C1CCCN(c2nc3c(F)cccc3s2)C1. The number of nitrogens with zero attached hydrogens (tertiary/aromatic N) is 2. The zero-order valence-corrected chi connectivity index (χ0v) is 13.0. The molecule has 4 nitrogen and oxygen atoms in total. The molecule has 1 saturated heterocycles. The average molecular weight is 319 g/mol. The third kappa shape index (κ3) is 2.97. The van der Waals surface area contributed by atoms with Gasteiger partial charge in [-0.05, 0) is 25.0 Å². The van der Waals surface area contributed by atoms with Crippen molar-refractivity contribution in [2.75, 3.05) is 24.5 Å². The van der Waals surface area contributed by atoms with Gasteiger partial charge in [-0.15, -0.1) is 6.58 Å². The van der Waals surface area contributed by atoms with Crippen molar-refractivity contribution < 1.29 is 9.18 Å². The first kappa shape index (κ1) is 15.0. The van der Waals surface area contributed by atoms with E-state index < -0.39 is 0 Å². The van der Waals surface area contributed by atoms with Crippen molar-refractivity contribution in [3.05, 3.63) is 36.7 Å². The summed E-state index contributed by atoms with van der Waals surface area (Å²) in [6.45, 7) is 5.57. The fourth-order valence-corrected chi connectivity index (χ4v) is 3.74. The summed E-state index contributed by atoms with van der Waals surface area (Å²) < 4.78 is 14.6. The molecule has 0 aliphatic carbocycles. The van der Waals surface area contributed by atoms with E-state index >= 15 is 0 Å². The summed E-state index contributed by atoms with van der Waals surface area (Å²) in [6, 6.07) is 4.99. The fourth-order valence-electron chi connectivity index (χ4n) is 2.72. The molecule has 3 rings (SSSR count). The first-order valence-corrected chi connectivity index (χ1v) is 8.19. The van der Waals surface area contributed by atoms with Gasteiger partial charge in [-0.3, -0.25) is 4.79 Å². The second-order valence-electron chi connectivity index (χ2n) is 5.40. The molecular formula is C16H18FN3OS. The summed E-state index contributed by atoms with van der Waals surface area (Å²) >= 11 is 1.48. The van der Waals surface area contributed by atoms with Crippen LogP contribution in [0.1, 0.15) is 12.8 Å². The minimum atomic E-state index is -0.294. The predicted molar refractivity (Wildman–Crippen MR) is 87.7 cm³/mol. The van der Waals surface area contributed by atoms with Gasteiger partial charge in [0.15, 0.2) is 5.13 Å². The molecule has 6 heteroatoms. The van der Waals surface area contributed by atoms with E-state index in [2.05, 4.69) is 21.8 Å². The van der Waals surface area contributed by atoms with Crippen molar-refractivity contribution >= 4 is 32.6 Å². The number of benzene rings is 1. The molecule has 1 aromatic heterocycles. The summed E-state index contributed by atoms with van der Waals surface area (Å²) in [5.74, 6) is -0.292. The number of para-hydroxylation sites is 1. The molecule has 1 atom stereocenters. The standard InChI is InChI=1S/C16H18FN3OS/c1-2-8-18-15(21)11-5-4-9-20(10-11)16-19-14-12(17)6-3-7-13(14)22-16/h2-3,6-7,11H,1,4-5,8-10H2,(H,18,21). The van der Waals surface area contributed by atoms with Crippen molar-refractivity contribution in [1.82, 2.24) is 10.3 Å². The summed E-state index contributed by atoms with van der Waals surface area (Å²) in [5, 5.41) is 3.64. The molecule has 116 valence electrons. The van der Waals surface area contributed by atoms with Gasteiger partial charge < -0.3 is 10.2 Å². The maximum Gasteiger partial charge on any atom is 0.225 e. The van der Waals surface area contributed by atoms with Crippen molar-refractivity contribution in [2.45, 2.75) is 12.8 Å². The van der Waals surface area contributed by atoms with Gasteiger partial charge in [0.2, 0.25) is 5.91 Å². The van der Waals surface area contributed by atoms with Crippen LogP contribution in [-0.4, -0.2) is 30.5 Å². The number of halogens is 1. The monoisotopic (exact) mass is 319 g/mol. The number of aromatic nitrogens is 1. The molecule has 22 heavy (non-hydrogen) atoms. The Hall–Kier alpha value is -1.95. The fraction of sp³-hybridized carbons (Fsp3) is 0.375. The van der Waals surface area contributed by atoms with Crippen LogP contribution in [0.3, 0.4) is 0 Å². The normalized spacial score (nSPS) is 18.4. The smallest absolute Gasteiger partial charge is 0.225 e. The van der Waals surface area contributed by atoms with Crippen LogP contribution < -0.4 is 10.2 Å². The Bertz CT molecular complexity index is 700. The van der Waals surface area contributed by atoms with Crippen molar-refractivity contribution in [2.24, 2.45) is 5.92 Å². The minimum absolute atomic E-state index is 0.0504. The molecule has 1 unspecified atom stereocenters. The van der Waals surface area contributed by atoms with Gasteiger partial charge in [-0.1, -0.05) is 23.5 Å². The second kappa shape index (κ2) is 6.44. The lowest BCUT2D eigenvalue weighted by Crippen LogP contribution is -2.43. The number of rotatable bonds is 4. The van der Waals surface area contributed by atoms with E-state index in [1.54, 1.807) is 12.1 Å². The number of thiazole rings is 1.